The van der Waals surface area contributed by atoms with Gasteiger partial charge in [-0.05, 0) is 30.3 Å². The van der Waals surface area contributed by atoms with E-state index in [9.17, 15) is 18.0 Å². The lowest BCUT2D eigenvalue weighted by molar-refractivity contribution is -0.154. The van der Waals surface area contributed by atoms with Gasteiger partial charge in [0.15, 0.2) is 6.61 Å². The molecule has 2 rings (SSSR count). The molecule has 0 fully saturated rings. The molecule has 8 heteroatoms. The van der Waals surface area contributed by atoms with Gasteiger partial charge >= 0.3 is 12.1 Å². The summed E-state index contributed by atoms with van der Waals surface area (Å²) in [4.78, 5) is 15.5. The van der Waals surface area contributed by atoms with Gasteiger partial charge in [0.05, 0.1) is 17.2 Å². The Bertz CT molecular complexity index is 720. The molecule has 1 heterocycles. The number of ether oxygens (including phenoxy) is 2. The summed E-state index contributed by atoms with van der Waals surface area (Å²) < 4.78 is 45.5. The number of hydrogen-bond acceptors (Lipinski definition) is 5. The Balaban J connectivity index is 1.98. The highest BCUT2D eigenvalue weighted by Crippen LogP contribution is 2.18. The molecular weight excluding hydrogens is 313 g/mol. The first-order valence-electron chi connectivity index (χ1n) is 6.25. The number of hydrogen-bond donors (Lipinski definition) is 0. The summed E-state index contributed by atoms with van der Waals surface area (Å²) in [6, 6.07) is 10.2. The normalized spacial score (nSPS) is 10.7. The molecule has 0 aliphatic heterocycles. The Labute approximate surface area is 128 Å². The lowest BCUT2D eigenvalue weighted by Crippen LogP contribution is -2.19. The quantitative estimate of drug-likeness (QED) is 0.639. The molecule has 0 saturated carbocycles. The first-order chi connectivity index (χ1) is 10.9. The summed E-state index contributed by atoms with van der Waals surface area (Å²) in [5.41, 5.74) is 0.464. The van der Waals surface area contributed by atoms with E-state index in [1.165, 1.54) is 30.3 Å². The summed E-state index contributed by atoms with van der Waals surface area (Å²) in [7, 11) is 0. The van der Waals surface area contributed by atoms with E-state index in [-0.39, 0.29) is 17.2 Å². The highest BCUT2D eigenvalue weighted by Gasteiger charge is 2.28. The van der Waals surface area contributed by atoms with Crippen molar-refractivity contribution in [3.63, 3.8) is 0 Å². The first kappa shape index (κ1) is 16.3. The van der Waals surface area contributed by atoms with Gasteiger partial charge < -0.3 is 9.47 Å². The average Bonchev–Trinajstić information content (AvgIpc) is 2.53. The molecule has 5 nitrogen and oxygen atoms in total. The Kier molecular flexibility index (Phi) is 4.81. The minimum absolute atomic E-state index is 0.0497. The molecular formula is C15H9F3N2O3. The van der Waals surface area contributed by atoms with Gasteiger partial charge in [0.1, 0.15) is 5.75 Å². The lowest BCUT2D eigenvalue weighted by atomic mass is 10.2. The van der Waals surface area contributed by atoms with Crippen molar-refractivity contribution >= 4 is 5.97 Å². The van der Waals surface area contributed by atoms with Crippen LogP contribution in [0.3, 0.4) is 0 Å². The smallest absolute Gasteiger partial charge is 0.422 e. The second kappa shape index (κ2) is 6.79. The Morgan fingerprint density at radius 2 is 1.87 bits per heavy atom. The summed E-state index contributed by atoms with van der Waals surface area (Å²) in [5.74, 6) is -0.756. The number of aromatic nitrogens is 1. The predicted molar refractivity (Wildman–Crippen MR) is 71.9 cm³/mol. The fourth-order valence-corrected chi connectivity index (χ4v) is 1.51. The number of carbonyl (C=O) groups is 1. The van der Waals surface area contributed by atoms with Gasteiger partial charge in [0, 0.05) is 12.3 Å². The van der Waals surface area contributed by atoms with Gasteiger partial charge in [0.25, 0.3) is 0 Å². The molecule has 1 aromatic heterocycles. The second-order valence-corrected chi connectivity index (χ2v) is 4.31. The fraction of sp³-hybridized carbons (Fsp3) is 0.133. The maximum atomic E-state index is 12.0. The van der Waals surface area contributed by atoms with Crippen molar-refractivity contribution in [1.29, 1.82) is 5.26 Å². The van der Waals surface area contributed by atoms with Crippen molar-refractivity contribution < 1.29 is 27.4 Å². The highest BCUT2D eigenvalue weighted by molar-refractivity contribution is 5.90. The number of esters is 1. The summed E-state index contributed by atoms with van der Waals surface area (Å²) in [5, 5.41) is 8.66. The van der Waals surface area contributed by atoms with E-state index in [2.05, 4.69) is 9.72 Å². The monoisotopic (exact) mass is 322 g/mol. The number of carbonyl (C=O) groups excluding carboxylic acids is 1. The molecule has 0 aliphatic carbocycles. The maximum Gasteiger partial charge on any atom is 0.422 e. The topological polar surface area (TPSA) is 72.2 Å². The Hall–Kier alpha value is -3.08. The molecule has 0 atom stereocenters. The van der Waals surface area contributed by atoms with E-state index in [0.717, 1.165) is 12.3 Å². The van der Waals surface area contributed by atoms with Crippen LogP contribution >= 0.6 is 0 Å². The van der Waals surface area contributed by atoms with Crippen LogP contribution in [0.15, 0.2) is 42.6 Å². The number of alkyl halides is 3. The van der Waals surface area contributed by atoms with Crippen molar-refractivity contribution in [2.24, 2.45) is 0 Å². The lowest BCUT2D eigenvalue weighted by Gasteiger charge is -2.08. The van der Waals surface area contributed by atoms with Crippen LogP contribution in [-0.2, 0) is 0 Å². The third kappa shape index (κ3) is 5.00. The number of nitrogens with zero attached hydrogens (tertiary/aromatic N) is 2. The molecule has 1 aromatic carbocycles. The van der Waals surface area contributed by atoms with E-state index in [0.29, 0.717) is 5.56 Å². The molecule has 23 heavy (non-hydrogen) atoms. The number of nitriles is 1. The molecule has 2 aromatic rings. The fourth-order valence-electron chi connectivity index (χ4n) is 1.51. The van der Waals surface area contributed by atoms with Crippen molar-refractivity contribution in [3.8, 4) is 17.7 Å². The SMILES string of the molecule is N#Cc1ccc(OC(=O)c2ccc(OCC(F)(F)F)nc2)cc1. The van der Waals surface area contributed by atoms with Gasteiger partial charge in [0.2, 0.25) is 5.88 Å². The minimum atomic E-state index is -4.46. The molecule has 0 bridgehead atoms. The van der Waals surface area contributed by atoms with E-state index >= 15 is 0 Å². The van der Waals surface area contributed by atoms with Crippen LogP contribution in [0.5, 0.6) is 11.6 Å². The van der Waals surface area contributed by atoms with Crippen LogP contribution in [0.4, 0.5) is 13.2 Å². The third-order valence-electron chi connectivity index (χ3n) is 2.55. The van der Waals surface area contributed by atoms with Crippen LogP contribution in [0.25, 0.3) is 0 Å². The van der Waals surface area contributed by atoms with Gasteiger partial charge in [-0.3, -0.25) is 0 Å². The number of halogens is 3. The van der Waals surface area contributed by atoms with Crippen LogP contribution in [0.2, 0.25) is 0 Å². The van der Waals surface area contributed by atoms with Crippen LogP contribution in [0, 0.1) is 11.3 Å². The molecule has 0 radical (unpaired) electrons. The average molecular weight is 322 g/mol. The van der Waals surface area contributed by atoms with Crippen molar-refractivity contribution in [1.82, 2.24) is 4.98 Å². The number of benzene rings is 1. The van der Waals surface area contributed by atoms with Crippen LogP contribution in [0.1, 0.15) is 15.9 Å². The number of rotatable bonds is 4. The van der Waals surface area contributed by atoms with Crippen molar-refractivity contribution in [2.75, 3.05) is 6.61 Å². The molecule has 0 spiro atoms. The van der Waals surface area contributed by atoms with E-state index < -0.39 is 18.8 Å². The summed E-state index contributed by atoms with van der Waals surface area (Å²) >= 11 is 0. The second-order valence-electron chi connectivity index (χ2n) is 4.31. The number of pyridine rings is 1. The van der Waals surface area contributed by atoms with E-state index in [1.54, 1.807) is 0 Å². The zero-order chi connectivity index (χ0) is 16.9. The van der Waals surface area contributed by atoms with Crippen LogP contribution < -0.4 is 9.47 Å². The molecule has 0 amide bonds. The largest absolute Gasteiger partial charge is 0.468 e. The maximum absolute atomic E-state index is 12.0. The third-order valence-corrected chi connectivity index (χ3v) is 2.55. The standard InChI is InChI=1S/C15H9F3N2O3/c16-15(17,18)9-22-13-6-3-11(8-20-13)14(21)23-12-4-1-10(7-19)2-5-12/h1-6,8H,9H2. The van der Waals surface area contributed by atoms with Gasteiger partial charge in [-0.25, -0.2) is 9.78 Å². The Morgan fingerprint density at radius 1 is 1.17 bits per heavy atom. The molecule has 0 aliphatic rings. The molecule has 118 valence electrons. The summed E-state index contributed by atoms with van der Waals surface area (Å²) in [6.45, 7) is -1.46. The summed E-state index contributed by atoms with van der Waals surface area (Å²) in [6.07, 6.45) is -3.41. The predicted octanol–water partition coefficient (Wildman–Crippen LogP) is 3.11. The van der Waals surface area contributed by atoms with Gasteiger partial charge in [-0.15, -0.1) is 0 Å². The van der Waals surface area contributed by atoms with Gasteiger partial charge in [-0.1, -0.05) is 0 Å². The first-order valence-corrected chi connectivity index (χ1v) is 6.25. The molecule has 0 saturated heterocycles. The van der Waals surface area contributed by atoms with E-state index in [1.807, 2.05) is 6.07 Å². The van der Waals surface area contributed by atoms with Gasteiger partial charge in [-0.2, -0.15) is 18.4 Å². The molecule has 0 unspecified atom stereocenters. The van der Waals surface area contributed by atoms with Crippen molar-refractivity contribution in [3.05, 3.63) is 53.7 Å². The van der Waals surface area contributed by atoms with E-state index in [4.69, 9.17) is 10.00 Å². The molecule has 0 N–H and O–H groups in total. The zero-order valence-electron chi connectivity index (χ0n) is 11.5. The zero-order valence-corrected chi connectivity index (χ0v) is 11.5. The minimum Gasteiger partial charge on any atom is -0.468 e. The van der Waals surface area contributed by atoms with Crippen LogP contribution in [-0.4, -0.2) is 23.7 Å². The van der Waals surface area contributed by atoms with Crippen molar-refractivity contribution in [2.45, 2.75) is 6.18 Å². The Morgan fingerprint density at radius 3 is 2.39 bits per heavy atom. The highest BCUT2D eigenvalue weighted by atomic mass is 19.4.